The number of carbonyl (C=O) groups is 1. The number of nitrogens with zero attached hydrogens (tertiary/aromatic N) is 1. The van der Waals surface area contributed by atoms with Crippen LogP contribution in [-0.4, -0.2) is 13.0 Å². The van der Waals surface area contributed by atoms with Crippen molar-refractivity contribution in [1.82, 2.24) is 0 Å². The Kier molecular flexibility index (Phi) is 6.46. The zero-order valence-corrected chi connectivity index (χ0v) is 15.6. The lowest BCUT2D eigenvalue weighted by molar-refractivity contribution is -0.112. The number of anilines is 2. The third kappa shape index (κ3) is 4.88. The van der Waals surface area contributed by atoms with Crippen molar-refractivity contribution < 1.29 is 9.53 Å². The predicted molar refractivity (Wildman–Crippen MR) is 103 cm³/mol. The third-order valence-electron chi connectivity index (χ3n) is 3.00. The number of ether oxygens (including phenoxy) is 1. The minimum atomic E-state index is -0.559. The summed E-state index contributed by atoms with van der Waals surface area (Å²) >= 11 is 8.12. The van der Waals surface area contributed by atoms with Crippen LogP contribution >= 0.6 is 34.2 Å². The molecule has 7 heteroatoms. The molecule has 0 aromatic heterocycles. The van der Waals surface area contributed by atoms with Crippen LogP contribution in [0.25, 0.3) is 0 Å². The second-order valence-corrected chi connectivity index (χ2v) is 6.30. The number of hydrogen-bond acceptors (Lipinski definition) is 4. The van der Waals surface area contributed by atoms with Crippen LogP contribution in [0, 0.1) is 14.9 Å². The van der Waals surface area contributed by atoms with Gasteiger partial charge in [-0.25, -0.2) is 0 Å². The first kappa shape index (κ1) is 18.1. The lowest BCUT2D eigenvalue weighted by Gasteiger charge is -2.10. The highest BCUT2D eigenvalue weighted by Crippen LogP contribution is 2.28. The predicted octanol–water partition coefficient (Wildman–Crippen LogP) is 4.41. The van der Waals surface area contributed by atoms with Gasteiger partial charge in [0.1, 0.15) is 17.4 Å². The monoisotopic (exact) mass is 453 g/mol. The van der Waals surface area contributed by atoms with Gasteiger partial charge in [0, 0.05) is 20.5 Å². The fourth-order valence-corrected chi connectivity index (χ4v) is 2.35. The number of carbonyl (C=O) groups excluding carboxylic acids is 1. The van der Waals surface area contributed by atoms with Gasteiger partial charge in [-0.15, -0.1) is 0 Å². The van der Waals surface area contributed by atoms with Crippen molar-refractivity contribution in [2.75, 3.05) is 17.7 Å². The molecule has 0 bridgehead atoms. The van der Waals surface area contributed by atoms with E-state index in [1.165, 1.54) is 13.3 Å². The molecule has 0 fully saturated rings. The maximum Gasteiger partial charge on any atom is 0.267 e. The van der Waals surface area contributed by atoms with Crippen molar-refractivity contribution >= 4 is 51.5 Å². The summed E-state index contributed by atoms with van der Waals surface area (Å²) in [5.74, 6) is -0.105. The first-order valence-electron chi connectivity index (χ1n) is 6.80. The quantitative estimate of drug-likeness (QED) is 0.399. The van der Waals surface area contributed by atoms with Gasteiger partial charge < -0.3 is 15.4 Å². The molecule has 0 aliphatic heterocycles. The van der Waals surface area contributed by atoms with Crippen LogP contribution in [0.1, 0.15) is 0 Å². The Labute approximate surface area is 158 Å². The Morgan fingerprint density at radius 3 is 2.62 bits per heavy atom. The number of benzene rings is 2. The molecule has 0 saturated heterocycles. The summed E-state index contributed by atoms with van der Waals surface area (Å²) < 4.78 is 6.25. The summed E-state index contributed by atoms with van der Waals surface area (Å²) in [4.78, 5) is 12.3. The molecule has 0 atom stereocenters. The molecule has 0 unspecified atom stereocenters. The molecule has 0 aliphatic carbocycles. The van der Waals surface area contributed by atoms with Crippen LogP contribution in [0.2, 0.25) is 5.02 Å². The van der Waals surface area contributed by atoms with Crippen molar-refractivity contribution in [3.05, 3.63) is 62.8 Å². The topological polar surface area (TPSA) is 74.1 Å². The van der Waals surface area contributed by atoms with Gasteiger partial charge in [0.05, 0.1) is 12.8 Å². The summed E-state index contributed by atoms with van der Waals surface area (Å²) in [7, 11) is 1.48. The average Bonchev–Trinajstić information content (AvgIpc) is 2.57. The zero-order valence-electron chi connectivity index (χ0n) is 12.6. The van der Waals surface area contributed by atoms with Gasteiger partial charge >= 0.3 is 0 Å². The molecule has 0 aliphatic rings. The van der Waals surface area contributed by atoms with Crippen molar-refractivity contribution in [1.29, 1.82) is 5.26 Å². The molecule has 0 radical (unpaired) electrons. The van der Waals surface area contributed by atoms with Crippen LogP contribution in [0.4, 0.5) is 11.4 Å². The molecule has 0 heterocycles. The van der Waals surface area contributed by atoms with E-state index >= 15 is 0 Å². The summed E-state index contributed by atoms with van der Waals surface area (Å²) in [5, 5.41) is 15.2. The number of hydrogen-bond donors (Lipinski definition) is 2. The Balaban J connectivity index is 2.14. The smallest absolute Gasteiger partial charge is 0.267 e. The highest BCUT2D eigenvalue weighted by molar-refractivity contribution is 14.1. The normalized spacial score (nSPS) is 10.7. The van der Waals surface area contributed by atoms with Gasteiger partial charge in [0.15, 0.2) is 0 Å². The molecule has 2 N–H and O–H groups in total. The third-order valence-corrected chi connectivity index (χ3v) is 3.96. The Hall–Kier alpha value is -2.24. The van der Waals surface area contributed by atoms with Crippen LogP contribution in [0.5, 0.6) is 5.75 Å². The minimum absolute atomic E-state index is 0.0735. The molecular weight excluding hydrogens is 441 g/mol. The van der Waals surface area contributed by atoms with E-state index in [1.54, 1.807) is 18.2 Å². The molecule has 2 rings (SSSR count). The summed E-state index contributed by atoms with van der Waals surface area (Å²) in [6, 6.07) is 14.2. The first-order chi connectivity index (χ1) is 11.5. The van der Waals surface area contributed by atoms with E-state index in [1.807, 2.05) is 30.3 Å². The molecule has 24 heavy (non-hydrogen) atoms. The number of methoxy groups -OCH3 is 1. The van der Waals surface area contributed by atoms with Crippen LogP contribution < -0.4 is 15.4 Å². The van der Waals surface area contributed by atoms with Gasteiger partial charge in [0.25, 0.3) is 5.91 Å². The Morgan fingerprint density at radius 1 is 1.29 bits per heavy atom. The largest absolute Gasteiger partial charge is 0.495 e. The highest BCUT2D eigenvalue weighted by Gasteiger charge is 2.12. The molecule has 2 aromatic carbocycles. The van der Waals surface area contributed by atoms with E-state index in [0.29, 0.717) is 16.5 Å². The van der Waals surface area contributed by atoms with Crippen molar-refractivity contribution in [3.8, 4) is 11.8 Å². The molecule has 2 aromatic rings. The van der Waals surface area contributed by atoms with Crippen molar-refractivity contribution in [2.24, 2.45) is 0 Å². The van der Waals surface area contributed by atoms with E-state index in [0.717, 1.165) is 9.26 Å². The molecular formula is C17H13ClIN3O2. The second kappa shape index (κ2) is 8.57. The van der Waals surface area contributed by atoms with Gasteiger partial charge in [0.2, 0.25) is 0 Å². The number of nitrogens with one attached hydrogen (secondary N) is 2. The zero-order chi connectivity index (χ0) is 17.5. The Bertz CT molecular complexity index is 814. The van der Waals surface area contributed by atoms with Crippen molar-refractivity contribution in [2.45, 2.75) is 0 Å². The van der Waals surface area contributed by atoms with Crippen LogP contribution in [-0.2, 0) is 4.79 Å². The molecule has 0 saturated carbocycles. The molecule has 1 amide bonds. The number of halogens is 2. The van der Waals surface area contributed by atoms with Crippen molar-refractivity contribution in [3.63, 3.8) is 0 Å². The fourth-order valence-electron chi connectivity index (χ4n) is 1.82. The minimum Gasteiger partial charge on any atom is -0.495 e. The SMILES string of the molecule is COc1ccc(Cl)cc1NC(=O)/C(C#N)=C\Nc1ccc(I)cc1. The van der Waals surface area contributed by atoms with Gasteiger partial charge in [-0.2, -0.15) is 5.26 Å². The molecule has 0 spiro atoms. The lowest BCUT2D eigenvalue weighted by Crippen LogP contribution is -2.15. The maximum atomic E-state index is 12.3. The summed E-state index contributed by atoms with van der Waals surface area (Å²) in [6.07, 6.45) is 1.36. The standard InChI is InChI=1S/C17H13ClIN3O2/c1-24-16-7-2-12(18)8-15(16)22-17(23)11(9-20)10-21-14-5-3-13(19)4-6-14/h2-8,10,21H,1H3,(H,22,23)/b11-10-. The van der Waals surface area contributed by atoms with E-state index in [-0.39, 0.29) is 5.57 Å². The number of amides is 1. The van der Waals surface area contributed by atoms with E-state index < -0.39 is 5.91 Å². The van der Waals surface area contributed by atoms with Crippen LogP contribution in [0.3, 0.4) is 0 Å². The van der Waals surface area contributed by atoms with Gasteiger partial charge in [-0.3, -0.25) is 4.79 Å². The summed E-state index contributed by atoms with van der Waals surface area (Å²) in [6.45, 7) is 0. The number of rotatable bonds is 5. The second-order valence-electron chi connectivity index (χ2n) is 4.62. The summed E-state index contributed by atoms with van der Waals surface area (Å²) in [5.41, 5.74) is 1.09. The molecule has 122 valence electrons. The Morgan fingerprint density at radius 2 is 2.00 bits per heavy atom. The highest BCUT2D eigenvalue weighted by atomic mass is 127. The first-order valence-corrected chi connectivity index (χ1v) is 8.26. The van der Waals surface area contributed by atoms with Gasteiger partial charge in [-0.05, 0) is 65.1 Å². The van der Waals surface area contributed by atoms with Crippen LogP contribution in [0.15, 0.2) is 54.2 Å². The molecule has 5 nitrogen and oxygen atoms in total. The maximum absolute atomic E-state index is 12.3. The fraction of sp³-hybridized carbons (Fsp3) is 0.0588. The van der Waals surface area contributed by atoms with E-state index in [2.05, 4.69) is 33.2 Å². The van der Waals surface area contributed by atoms with E-state index in [9.17, 15) is 10.1 Å². The number of nitriles is 1. The van der Waals surface area contributed by atoms with Gasteiger partial charge in [-0.1, -0.05) is 11.6 Å². The lowest BCUT2D eigenvalue weighted by atomic mass is 10.2. The van der Waals surface area contributed by atoms with E-state index in [4.69, 9.17) is 16.3 Å². The average molecular weight is 454 g/mol.